The van der Waals surface area contributed by atoms with Crippen LogP contribution in [-0.4, -0.2) is 17.1 Å². The summed E-state index contributed by atoms with van der Waals surface area (Å²) in [6.07, 6.45) is 5.04. The molecule has 0 aromatic heterocycles. The van der Waals surface area contributed by atoms with Crippen LogP contribution in [0, 0.1) is 22.7 Å². The van der Waals surface area contributed by atoms with E-state index in [9.17, 15) is 9.90 Å². The number of fused-ring (bicyclic) bond motifs is 1. The van der Waals surface area contributed by atoms with E-state index in [1.54, 1.807) is 23.3 Å². The highest BCUT2D eigenvalue weighted by molar-refractivity contribution is 5.94. The van der Waals surface area contributed by atoms with E-state index in [-0.39, 0.29) is 11.5 Å². The fraction of sp³-hybridized carbons (Fsp3) is 0.591. The lowest BCUT2D eigenvalue weighted by molar-refractivity contribution is 0.0698. The first-order valence-electron chi connectivity index (χ1n) is 9.58. The molecule has 0 unspecified atom stereocenters. The molecular weight excluding hydrogens is 310 g/mol. The molecule has 3 heteroatoms. The molecule has 1 spiro atoms. The predicted octanol–water partition coefficient (Wildman–Crippen LogP) is 5.35. The molecule has 0 radical (unpaired) electrons. The Morgan fingerprint density at radius 1 is 1.28 bits per heavy atom. The Bertz CT molecular complexity index is 763. The van der Waals surface area contributed by atoms with Crippen molar-refractivity contribution in [1.29, 1.82) is 0 Å². The number of carbonyl (C=O) groups is 1. The maximum Gasteiger partial charge on any atom is 0.337 e. The van der Waals surface area contributed by atoms with Gasteiger partial charge in [0.05, 0.1) is 5.56 Å². The van der Waals surface area contributed by atoms with Crippen LogP contribution in [0.15, 0.2) is 35.4 Å². The van der Waals surface area contributed by atoms with Gasteiger partial charge in [-0.05, 0) is 73.0 Å². The van der Waals surface area contributed by atoms with Crippen molar-refractivity contribution >= 4 is 11.7 Å². The van der Waals surface area contributed by atoms with E-state index in [2.05, 4.69) is 33.0 Å². The third-order valence-corrected chi connectivity index (χ3v) is 7.85. The number of benzene rings is 1. The van der Waals surface area contributed by atoms with Crippen molar-refractivity contribution in [2.24, 2.45) is 22.7 Å². The molecule has 0 amide bonds. The maximum absolute atomic E-state index is 11.6. The van der Waals surface area contributed by atoms with Crippen LogP contribution in [0.4, 0.5) is 5.69 Å². The van der Waals surface area contributed by atoms with Crippen LogP contribution in [-0.2, 0) is 0 Å². The number of allylic oxidation sites excluding steroid dienone is 1. The Kier molecular flexibility index (Phi) is 3.58. The number of nitrogens with one attached hydrogen (secondary N) is 1. The summed E-state index contributed by atoms with van der Waals surface area (Å²) >= 11 is 0. The zero-order valence-corrected chi connectivity index (χ0v) is 15.7. The van der Waals surface area contributed by atoms with Gasteiger partial charge in [0, 0.05) is 11.7 Å². The van der Waals surface area contributed by atoms with E-state index in [1.165, 1.54) is 19.3 Å². The molecule has 0 aliphatic heterocycles. The van der Waals surface area contributed by atoms with Gasteiger partial charge < -0.3 is 10.4 Å². The van der Waals surface area contributed by atoms with Crippen molar-refractivity contribution in [2.45, 2.75) is 59.4 Å². The summed E-state index contributed by atoms with van der Waals surface area (Å²) in [5.74, 6) is 0.594. The normalized spacial score (nSPS) is 35.6. The minimum Gasteiger partial charge on any atom is -0.478 e. The molecule has 1 aromatic carbocycles. The van der Waals surface area contributed by atoms with Crippen LogP contribution in [0.1, 0.15) is 63.7 Å². The van der Waals surface area contributed by atoms with Crippen molar-refractivity contribution in [2.75, 3.05) is 5.32 Å². The number of carboxylic acids is 1. The van der Waals surface area contributed by atoms with Gasteiger partial charge in [-0.2, -0.15) is 0 Å². The molecule has 1 aromatic rings. The molecular formula is C22H29NO2. The van der Waals surface area contributed by atoms with Gasteiger partial charge in [-0.25, -0.2) is 4.79 Å². The number of carboxylic acid groups (broad SMARTS) is 1. The van der Waals surface area contributed by atoms with E-state index in [0.717, 1.165) is 18.0 Å². The highest BCUT2D eigenvalue weighted by Crippen LogP contribution is 2.68. The van der Waals surface area contributed by atoms with E-state index in [4.69, 9.17) is 0 Å². The summed E-state index contributed by atoms with van der Waals surface area (Å²) in [5.41, 5.74) is 4.87. The third kappa shape index (κ3) is 2.21. The number of hydrogen-bond acceptors (Lipinski definition) is 2. The molecule has 2 saturated carbocycles. The van der Waals surface area contributed by atoms with E-state index in [1.807, 2.05) is 12.1 Å². The van der Waals surface area contributed by atoms with Crippen LogP contribution in [0.2, 0.25) is 0 Å². The van der Waals surface area contributed by atoms with Crippen LogP contribution in [0.25, 0.3) is 0 Å². The van der Waals surface area contributed by atoms with Gasteiger partial charge in [-0.15, -0.1) is 0 Å². The van der Waals surface area contributed by atoms with Gasteiger partial charge >= 0.3 is 5.97 Å². The van der Waals surface area contributed by atoms with Crippen LogP contribution < -0.4 is 5.32 Å². The number of para-hydroxylation sites is 1. The van der Waals surface area contributed by atoms with Gasteiger partial charge in [0.15, 0.2) is 0 Å². The molecule has 2 N–H and O–H groups in total. The van der Waals surface area contributed by atoms with Gasteiger partial charge in [0.25, 0.3) is 0 Å². The lowest BCUT2D eigenvalue weighted by Gasteiger charge is -2.45. The Morgan fingerprint density at radius 3 is 2.72 bits per heavy atom. The lowest BCUT2D eigenvalue weighted by atomic mass is 9.60. The highest BCUT2D eigenvalue weighted by atomic mass is 16.4. The minimum atomic E-state index is -0.862. The second-order valence-corrected chi connectivity index (χ2v) is 9.04. The SMILES string of the molecule is CC1=C2[C@H](Nc3ccccc3C(=O)O)C[C@H](C)[C@]23CC[C@H](C3)C1(C)C. The second kappa shape index (κ2) is 5.36. The summed E-state index contributed by atoms with van der Waals surface area (Å²) in [5, 5.41) is 13.1. The van der Waals surface area contributed by atoms with Gasteiger partial charge in [-0.1, -0.05) is 38.5 Å². The van der Waals surface area contributed by atoms with Crippen molar-refractivity contribution in [3.63, 3.8) is 0 Å². The highest BCUT2D eigenvalue weighted by Gasteiger charge is 2.59. The van der Waals surface area contributed by atoms with E-state index in [0.29, 0.717) is 16.9 Å². The molecule has 3 nitrogen and oxygen atoms in total. The molecule has 2 bridgehead atoms. The van der Waals surface area contributed by atoms with Crippen LogP contribution in [0.5, 0.6) is 0 Å². The first kappa shape index (κ1) is 16.7. The average Bonchev–Trinajstić information content (AvgIpc) is 3.09. The first-order chi connectivity index (χ1) is 11.8. The first-order valence-corrected chi connectivity index (χ1v) is 9.58. The topological polar surface area (TPSA) is 49.3 Å². The summed E-state index contributed by atoms with van der Waals surface area (Å²) < 4.78 is 0. The molecule has 4 atom stereocenters. The molecule has 25 heavy (non-hydrogen) atoms. The summed E-state index contributed by atoms with van der Waals surface area (Å²) in [6.45, 7) is 9.54. The van der Waals surface area contributed by atoms with E-state index < -0.39 is 5.97 Å². The van der Waals surface area contributed by atoms with Crippen LogP contribution in [0.3, 0.4) is 0 Å². The Hall–Kier alpha value is -1.77. The largest absolute Gasteiger partial charge is 0.478 e. The number of rotatable bonds is 3. The Morgan fingerprint density at radius 2 is 2.00 bits per heavy atom. The molecule has 0 saturated heterocycles. The van der Waals surface area contributed by atoms with Crippen molar-refractivity contribution in [3.8, 4) is 0 Å². The zero-order valence-electron chi connectivity index (χ0n) is 15.7. The predicted molar refractivity (Wildman–Crippen MR) is 101 cm³/mol. The fourth-order valence-electron chi connectivity index (χ4n) is 6.10. The molecule has 2 fully saturated rings. The summed E-state index contributed by atoms with van der Waals surface area (Å²) in [4.78, 5) is 11.6. The standard InChI is InChI=1S/C22H29NO2/c1-13-11-18(23-17-8-6-5-7-16(17)20(24)25)19-14(2)21(3,4)15-9-10-22(13,19)12-15/h5-8,13,15,18,23H,9-12H2,1-4H3,(H,24,25)/t13-,15+,18+,22+/m0/s1. The minimum absolute atomic E-state index is 0.256. The number of aromatic carboxylic acids is 1. The zero-order chi connectivity index (χ0) is 18.0. The second-order valence-electron chi connectivity index (χ2n) is 9.04. The molecule has 0 heterocycles. The number of hydrogen-bond donors (Lipinski definition) is 2. The quantitative estimate of drug-likeness (QED) is 0.730. The summed E-state index contributed by atoms with van der Waals surface area (Å²) in [7, 11) is 0. The fourth-order valence-corrected chi connectivity index (χ4v) is 6.10. The number of anilines is 1. The monoisotopic (exact) mass is 339 g/mol. The summed E-state index contributed by atoms with van der Waals surface area (Å²) in [6, 6.07) is 7.56. The van der Waals surface area contributed by atoms with E-state index >= 15 is 0 Å². The van der Waals surface area contributed by atoms with Gasteiger partial charge in [-0.3, -0.25) is 0 Å². The molecule has 4 rings (SSSR count). The van der Waals surface area contributed by atoms with Gasteiger partial charge in [0.1, 0.15) is 0 Å². The maximum atomic E-state index is 11.6. The van der Waals surface area contributed by atoms with Crippen molar-refractivity contribution in [1.82, 2.24) is 0 Å². The van der Waals surface area contributed by atoms with Gasteiger partial charge in [0.2, 0.25) is 0 Å². The lowest BCUT2D eigenvalue weighted by Crippen LogP contribution is -2.37. The third-order valence-electron chi connectivity index (χ3n) is 7.85. The molecule has 3 aliphatic carbocycles. The molecule has 134 valence electrons. The van der Waals surface area contributed by atoms with Crippen LogP contribution >= 0.6 is 0 Å². The Balaban J connectivity index is 1.77. The smallest absolute Gasteiger partial charge is 0.337 e. The Labute approximate surface area is 150 Å². The van der Waals surface area contributed by atoms with Crippen molar-refractivity contribution < 1.29 is 9.90 Å². The molecule has 3 aliphatic rings. The average molecular weight is 339 g/mol. The van der Waals surface area contributed by atoms with Crippen molar-refractivity contribution in [3.05, 3.63) is 41.0 Å².